The molecule has 1 N–H and O–H groups in total. The van der Waals surface area contributed by atoms with Crippen molar-refractivity contribution < 1.29 is 40.6 Å². The molecule has 2 rings (SSSR count). The van der Waals surface area contributed by atoms with Crippen LogP contribution in [0.3, 0.4) is 0 Å². The maximum Gasteiger partial charge on any atom is 0.419 e. The van der Waals surface area contributed by atoms with Crippen molar-refractivity contribution in [3.63, 3.8) is 0 Å². The van der Waals surface area contributed by atoms with Gasteiger partial charge >= 0.3 is 18.3 Å². The van der Waals surface area contributed by atoms with E-state index in [1.807, 2.05) is 0 Å². The van der Waals surface area contributed by atoms with Crippen LogP contribution in [-0.2, 0) is 12.4 Å². The standard InChI is InChI=1S/C15H7F7O2/c16-12-2-1-7(6-11(12)15(20,21)22)8-3-9(13(23)24)5-10(4-8)14(17,18)19/h1-6H,(H,23,24). The van der Waals surface area contributed by atoms with Crippen molar-refractivity contribution in [1.82, 2.24) is 0 Å². The van der Waals surface area contributed by atoms with Crippen molar-refractivity contribution in [2.24, 2.45) is 0 Å². The van der Waals surface area contributed by atoms with Gasteiger partial charge in [0.15, 0.2) is 0 Å². The highest BCUT2D eigenvalue weighted by atomic mass is 19.4. The van der Waals surface area contributed by atoms with E-state index in [9.17, 15) is 35.5 Å². The van der Waals surface area contributed by atoms with Gasteiger partial charge in [-0.1, -0.05) is 6.07 Å². The quantitative estimate of drug-likeness (QED) is 0.752. The molecule has 0 unspecified atom stereocenters. The van der Waals surface area contributed by atoms with Crippen LogP contribution in [0.1, 0.15) is 21.5 Å². The van der Waals surface area contributed by atoms with E-state index in [0.29, 0.717) is 24.3 Å². The molecule has 0 amide bonds. The molecule has 0 aliphatic carbocycles. The van der Waals surface area contributed by atoms with Crippen molar-refractivity contribution in [2.45, 2.75) is 12.4 Å². The number of carbonyl (C=O) groups is 1. The Morgan fingerprint density at radius 2 is 1.46 bits per heavy atom. The zero-order chi connectivity index (χ0) is 18.3. The summed E-state index contributed by atoms with van der Waals surface area (Å²) < 4.78 is 89.9. The van der Waals surface area contributed by atoms with Crippen molar-refractivity contribution in [3.8, 4) is 11.1 Å². The first-order valence-electron chi connectivity index (χ1n) is 6.22. The lowest BCUT2D eigenvalue weighted by atomic mass is 9.97. The second-order valence-electron chi connectivity index (χ2n) is 4.79. The summed E-state index contributed by atoms with van der Waals surface area (Å²) in [7, 11) is 0. The molecule has 2 aromatic carbocycles. The minimum atomic E-state index is -5.04. The number of hydrogen-bond donors (Lipinski definition) is 1. The lowest BCUT2D eigenvalue weighted by molar-refractivity contribution is -0.140. The maximum atomic E-state index is 13.3. The summed E-state index contributed by atoms with van der Waals surface area (Å²) in [5, 5.41) is 8.87. The number of carboxylic acids is 1. The summed E-state index contributed by atoms with van der Waals surface area (Å²) in [4.78, 5) is 10.9. The van der Waals surface area contributed by atoms with Crippen LogP contribution in [0.15, 0.2) is 36.4 Å². The summed E-state index contributed by atoms with van der Waals surface area (Å²) in [6.45, 7) is 0. The van der Waals surface area contributed by atoms with Gasteiger partial charge in [0.05, 0.1) is 16.7 Å². The molecule has 9 heteroatoms. The van der Waals surface area contributed by atoms with E-state index in [0.717, 1.165) is 12.1 Å². The van der Waals surface area contributed by atoms with Crippen LogP contribution >= 0.6 is 0 Å². The molecule has 2 aromatic rings. The van der Waals surface area contributed by atoms with Gasteiger partial charge in [-0.05, 0) is 41.5 Å². The summed E-state index contributed by atoms with van der Waals surface area (Å²) in [5.74, 6) is -3.27. The van der Waals surface area contributed by atoms with E-state index in [1.54, 1.807) is 0 Å². The summed E-state index contributed by atoms with van der Waals surface area (Å²) in [6.07, 6.45) is -9.94. The monoisotopic (exact) mass is 352 g/mol. The smallest absolute Gasteiger partial charge is 0.419 e. The van der Waals surface area contributed by atoms with Gasteiger partial charge in [-0.25, -0.2) is 9.18 Å². The van der Waals surface area contributed by atoms with E-state index < -0.39 is 52.0 Å². The van der Waals surface area contributed by atoms with Crippen LogP contribution < -0.4 is 0 Å². The molecule has 0 spiro atoms. The van der Waals surface area contributed by atoms with Crippen LogP contribution in [0.4, 0.5) is 30.7 Å². The minimum absolute atomic E-state index is 0.330. The average molecular weight is 352 g/mol. The highest BCUT2D eigenvalue weighted by Gasteiger charge is 2.35. The maximum absolute atomic E-state index is 13.3. The molecule has 0 aromatic heterocycles. The average Bonchev–Trinajstić information content (AvgIpc) is 2.45. The normalized spacial score (nSPS) is 12.3. The second-order valence-corrected chi connectivity index (χ2v) is 4.79. The van der Waals surface area contributed by atoms with E-state index in [-0.39, 0.29) is 0 Å². The van der Waals surface area contributed by atoms with Crippen molar-refractivity contribution in [2.75, 3.05) is 0 Å². The Hall–Kier alpha value is -2.58. The molecule has 0 radical (unpaired) electrons. The molecule has 0 aliphatic heterocycles. The highest BCUT2D eigenvalue weighted by molar-refractivity contribution is 5.90. The zero-order valence-electron chi connectivity index (χ0n) is 11.5. The summed E-state index contributed by atoms with van der Waals surface area (Å²) in [6, 6.07) is 3.27. The summed E-state index contributed by atoms with van der Waals surface area (Å²) >= 11 is 0. The molecule has 0 heterocycles. The number of hydrogen-bond acceptors (Lipinski definition) is 1. The van der Waals surface area contributed by atoms with Gasteiger partial charge in [-0.3, -0.25) is 0 Å². The first-order chi connectivity index (χ1) is 10.9. The Bertz CT molecular complexity index is 791. The number of alkyl halides is 6. The molecule has 0 bridgehead atoms. The highest BCUT2D eigenvalue weighted by Crippen LogP contribution is 2.37. The third kappa shape index (κ3) is 3.66. The van der Waals surface area contributed by atoms with Crippen LogP contribution in [0, 0.1) is 5.82 Å². The molecule has 0 aliphatic rings. The van der Waals surface area contributed by atoms with Crippen molar-refractivity contribution in [3.05, 3.63) is 58.9 Å². The lowest BCUT2D eigenvalue weighted by Gasteiger charge is -2.13. The zero-order valence-corrected chi connectivity index (χ0v) is 11.5. The van der Waals surface area contributed by atoms with Crippen LogP contribution in [-0.4, -0.2) is 11.1 Å². The number of halogens is 7. The third-order valence-corrected chi connectivity index (χ3v) is 3.11. The molecular weight excluding hydrogens is 345 g/mol. The molecule has 0 atom stereocenters. The second kappa shape index (κ2) is 5.81. The van der Waals surface area contributed by atoms with E-state index in [1.165, 1.54) is 0 Å². The fourth-order valence-corrected chi connectivity index (χ4v) is 2.00. The van der Waals surface area contributed by atoms with Crippen LogP contribution in [0.2, 0.25) is 0 Å². The fraction of sp³-hybridized carbons (Fsp3) is 0.133. The topological polar surface area (TPSA) is 37.3 Å². The Morgan fingerprint density at radius 1 is 0.833 bits per heavy atom. The van der Waals surface area contributed by atoms with Gasteiger partial charge in [0.25, 0.3) is 0 Å². The molecule has 2 nitrogen and oxygen atoms in total. The van der Waals surface area contributed by atoms with Crippen LogP contribution in [0.5, 0.6) is 0 Å². The van der Waals surface area contributed by atoms with Gasteiger partial charge in [0.1, 0.15) is 5.82 Å². The minimum Gasteiger partial charge on any atom is -0.478 e. The van der Waals surface area contributed by atoms with E-state index in [4.69, 9.17) is 5.11 Å². The molecule has 0 saturated heterocycles. The first kappa shape index (κ1) is 17.8. The molecule has 128 valence electrons. The first-order valence-corrected chi connectivity index (χ1v) is 6.22. The van der Waals surface area contributed by atoms with Gasteiger partial charge in [0, 0.05) is 0 Å². The molecular formula is C15H7F7O2. The number of benzene rings is 2. The summed E-state index contributed by atoms with van der Waals surface area (Å²) in [5.41, 5.74) is -4.56. The third-order valence-electron chi connectivity index (χ3n) is 3.11. The number of aromatic carboxylic acids is 1. The lowest BCUT2D eigenvalue weighted by Crippen LogP contribution is -2.09. The molecule has 0 saturated carbocycles. The van der Waals surface area contributed by atoms with E-state index >= 15 is 0 Å². The molecule has 0 fully saturated rings. The van der Waals surface area contributed by atoms with Gasteiger partial charge in [-0.2, -0.15) is 26.3 Å². The van der Waals surface area contributed by atoms with Gasteiger partial charge < -0.3 is 5.11 Å². The molecule has 24 heavy (non-hydrogen) atoms. The Morgan fingerprint density at radius 3 is 1.96 bits per heavy atom. The SMILES string of the molecule is O=C(O)c1cc(-c2ccc(F)c(C(F)(F)F)c2)cc(C(F)(F)F)c1. The predicted molar refractivity (Wildman–Crippen MR) is 68.8 cm³/mol. The Kier molecular flexibility index (Phi) is 4.30. The largest absolute Gasteiger partial charge is 0.478 e. The van der Waals surface area contributed by atoms with Crippen molar-refractivity contribution >= 4 is 5.97 Å². The predicted octanol–water partition coefficient (Wildman–Crippen LogP) is 5.23. The van der Waals surface area contributed by atoms with Gasteiger partial charge in [-0.15, -0.1) is 0 Å². The Balaban J connectivity index is 2.68. The van der Waals surface area contributed by atoms with Crippen LogP contribution in [0.25, 0.3) is 11.1 Å². The Labute approximate surface area is 130 Å². The van der Waals surface area contributed by atoms with E-state index in [2.05, 4.69) is 0 Å². The van der Waals surface area contributed by atoms with Gasteiger partial charge in [0.2, 0.25) is 0 Å². The number of carboxylic acid groups (broad SMARTS) is 1. The fourth-order valence-electron chi connectivity index (χ4n) is 2.00. The number of rotatable bonds is 2. The van der Waals surface area contributed by atoms with Crippen molar-refractivity contribution in [1.29, 1.82) is 0 Å².